The van der Waals surface area contributed by atoms with Gasteiger partial charge in [0.05, 0.1) is 13.7 Å². The zero-order valence-electron chi connectivity index (χ0n) is 17.1. The van der Waals surface area contributed by atoms with Crippen molar-refractivity contribution in [3.63, 3.8) is 0 Å². The second kappa shape index (κ2) is 10.7. The molecule has 0 aliphatic rings. The lowest BCUT2D eigenvalue weighted by Crippen LogP contribution is -2.14. The van der Waals surface area contributed by atoms with Crippen LogP contribution < -0.4 is 10.1 Å². The number of carbonyl (C=O) groups excluding carboxylic acids is 2. The standard InChI is InChI=1S/C21H22BrN5O4/c1-14(11-31-18-7-6-15(22)10-16(18)21(29)30-2)8-9-27-12-24-26-20(27)17-4-3-5-19(25-17)23-13-28/h3-7,10,12-14H,8-9,11H2,1-2H3,(H,23,25,28). The van der Waals surface area contributed by atoms with Gasteiger partial charge in [-0.1, -0.05) is 28.9 Å². The molecule has 1 unspecified atom stereocenters. The fourth-order valence-corrected chi connectivity index (χ4v) is 3.25. The highest BCUT2D eigenvalue weighted by atomic mass is 79.9. The van der Waals surface area contributed by atoms with E-state index in [0.29, 0.717) is 48.2 Å². The summed E-state index contributed by atoms with van der Waals surface area (Å²) < 4.78 is 13.4. The molecule has 0 fully saturated rings. The van der Waals surface area contributed by atoms with Crippen LogP contribution in [0.1, 0.15) is 23.7 Å². The highest BCUT2D eigenvalue weighted by Crippen LogP contribution is 2.25. The predicted molar refractivity (Wildman–Crippen MR) is 118 cm³/mol. The third-order valence-electron chi connectivity index (χ3n) is 4.53. The topological polar surface area (TPSA) is 108 Å². The quantitative estimate of drug-likeness (QED) is 0.343. The van der Waals surface area contributed by atoms with Crippen LogP contribution in [0.15, 0.2) is 47.2 Å². The number of methoxy groups -OCH3 is 1. The van der Waals surface area contributed by atoms with E-state index in [1.165, 1.54) is 7.11 Å². The fourth-order valence-electron chi connectivity index (χ4n) is 2.89. The summed E-state index contributed by atoms with van der Waals surface area (Å²) in [7, 11) is 1.34. The number of benzene rings is 1. The lowest BCUT2D eigenvalue weighted by atomic mass is 10.1. The van der Waals surface area contributed by atoms with Crippen molar-refractivity contribution in [3.05, 3.63) is 52.8 Å². The van der Waals surface area contributed by atoms with Crippen LogP contribution in [0.5, 0.6) is 5.75 Å². The minimum atomic E-state index is -0.447. The van der Waals surface area contributed by atoms with Gasteiger partial charge >= 0.3 is 5.97 Å². The molecule has 0 aliphatic heterocycles. The molecule has 31 heavy (non-hydrogen) atoms. The third kappa shape index (κ3) is 5.88. The molecule has 1 N–H and O–H groups in total. The Bertz CT molecular complexity index is 1060. The molecule has 0 radical (unpaired) electrons. The number of hydrogen-bond acceptors (Lipinski definition) is 7. The molecule has 0 bridgehead atoms. The SMILES string of the molecule is COC(=O)c1cc(Br)ccc1OCC(C)CCn1cnnc1-c1cccc(NC=O)n1. The van der Waals surface area contributed by atoms with Gasteiger partial charge in [0.15, 0.2) is 5.82 Å². The minimum absolute atomic E-state index is 0.195. The van der Waals surface area contributed by atoms with Crippen molar-refractivity contribution >= 4 is 34.1 Å². The second-order valence-electron chi connectivity index (χ2n) is 6.86. The second-order valence-corrected chi connectivity index (χ2v) is 7.77. The number of rotatable bonds is 10. The summed E-state index contributed by atoms with van der Waals surface area (Å²) >= 11 is 3.36. The van der Waals surface area contributed by atoms with Gasteiger partial charge in [0, 0.05) is 11.0 Å². The maximum absolute atomic E-state index is 12.0. The average Bonchev–Trinajstić information content (AvgIpc) is 3.25. The average molecular weight is 488 g/mol. The van der Waals surface area contributed by atoms with Crippen molar-refractivity contribution in [2.75, 3.05) is 19.0 Å². The van der Waals surface area contributed by atoms with Gasteiger partial charge in [-0.2, -0.15) is 0 Å². The lowest BCUT2D eigenvalue weighted by molar-refractivity contribution is -0.105. The minimum Gasteiger partial charge on any atom is -0.492 e. The van der Waals surface area contributed by atoms with Crippen molar-refractivity contribution in [1.29, 1.82) is 0 Å². The van der Waals surface area contributed by atoms with Crippen LogP contribution >= 0.6 is 15.9 Å². The molecular formula is C21H22BrN5O4. The number of nitrogens with zero attached hydrogens (tertiary/aromatic N) is 4. The van der Waals surface area contributed by atoms with E-state index in [4.69, 9.17) is 9.47 Å². The van der Waals surface area contributed by atoms with Crippen LogP contribution in [0.4, 0.5) is 5.82 Å². The molecule has 3 rings (SSSR count). The number of pyridine rings is 1. The van der Waals surface area contributed by atoms with Crippen molar-refractivity contribution in [3.8, 4) is 17.3 Å². The third-order valence-corrected chi connectivity index (χ3v) is 5.03. The first-order chi connectivity index (χ1) is 15.0. The fraction of sp³-hybridized carbons (Fsp3) is 0.286. The molecule has 162 valence electrons. The summed E-state index contributed by atoms with van der Waals surface area (Å²) in [5.41, 5.74) is 0.992. The van der Waals surface area contributed by atoms with E-state index >= 15 is 0 Å². The first-order valence-corrected chi connectivity index (χ1v) is 10.4. The highest BCUT2D eigenvalue weighted by Gasteiger charge is 2.16. The van der Waals surface area contributed by atoms with E-state index in [0.717, 1.165) is 10.9 Å². The number of amides is 1. The van der Waals surface area contributed by atoms with Crippen LogP contribution in [-0.2, 0) is 16.1 Å². The molecule has 10 heteroatoms. The van der Waals surface area contributed by atoms with E-state index < -0.39 is 5.97 Å². The molecule has 1 atom stereocenters. The molecule has 1 aromatic carbocycles. The monoisotopic (exact) mass is 487 g/mol. The van der Waals surface area contributed by atoms with Crippen LogP contribution in [-0.4, -0.2) is 45.8 Å². The number of anilines is 1. The van der Waals surface area contributed by atoms with Crippen LogP contribution in [0.3, 0.4) is 0 Å². The molecule has 0 spiro atoms. The first kappa shape index (κ1) is 22.4. The van der Waals surface area contributed by atoms with Gasteiger partial charge in [-0.25, -0.2) is 9.78 Å². The molecule has 3 aromatic rings. The van der Waals surface area contributed by atoms with Crippen LogP contribution in [0, 0.1) is 5.92 Å². The normalized spacial score (nSPS) is 11.6. The van der Waals surface area contributed by atoms with Gasteiger partial charge in [0.2, 0.25) is 6.41 Å². The van der Waals surface area contributed by atoms with Gasteiger partial charge in [0.25, 0.3) is 0 Å². The Balaban J connectivity index is 1.61. The van der Waals surface area contributed by atoms with Crippen molar-refractivity contribution < 1.29 is 19.1 Å². The van der Waals surface area contributed by atoms with Gasteiger partial charge < -0.3 is 19.4 Å². The molecule has 0 saturated heterocycles. The van der Waals surface area contributed by atoms with Gasteiger partial charge in [-0.05, 0) is 42.7 Å². The molecule has 9 nitrogen and oxygen atoms in total. The number of esters is 1. The molecule has 2 aromatic heterocycles. The summed E-state index contributed by atoms with van der Waals surface area (Å²) in [5, 5.41) is 10.7. The summed E-state index contributed by atoms with van der Waals surface area (Å²) in [6.07, 6.45) is 3.02. The molecular weight excluding hydrogens is 466 g/mol. The summed E-state index contributed by atoms with van der Waals surface area (Å²) in [6, 6.07) is 10.5. The maximum Gasteiger partial charge on any atom is 0.341 e. The van der Waals surface area contributed by atoms with Gasteiger partial charge in [-0.3, -0.25) is 4.79 Å². The Kier molecular flexibility index (Phi) is 7.71. The van der Waals surface area contributed by atoms with E-state index in [1.54, 1.807) is 30.6 Å². The Hall–Kier alpha value is -3.27. The Morgan fingerprint density at radius 1 is 1.32 bits per heavy atom. The molecule has 0 saturated carbocycles. The number of aromatic nitrogens is 4. The summed E-state index contributed by atoms with van der Waals surface area (Å²) in [6.45, 7) is 3.15. The van der Waals surface area contributed by atoms with E-state index in [9.17, 15) is 9.59 Å². The van der Waals surface area contributed by atoms with Crippen LogP contribution in [0.25, 0.3) is 11.5 Å². The Labute approximate surface area is 187 Å². The number of ether oxygens (including phenoxy) is 2. The zero-order chi connectivity index (χ0) is 22.2. The molecule has 0 aliphatic carbocycles. The summed E-state index contributed by atoms with van der Waals surface area (Å²) in [4.78, 5) is 27.0. The maximum atomic E-state index is 12.0. The Morgan fingerprint density at radius 3 is 2.94 bits per heavy atom. The lowest BCUT2D eigenvalue weighted by Gasteiger charge is -2.16. The van der Waals surface area contributed by atoms with Crippen LogP contribution in [0.2, 0.25) is 0 Å². The number of nitrogens with one attached hydrogen (secondary N) is 1. The van der Waals surface area contributed by atoms with E-state index in [2.05, 4.69) is 43.4 Å². The molecule has 1 amide bonds. The van der Waals surface area contributed by atoms with E-state index in [1.807, 2.05) is 16.7 Å². The van der Waals surface area contributed by atoms with Gasteiger partial charge in [-0.15, -0.1) is 10.2 Å². The van der Waals surface area contributed by atoms with Gasteiger partial charge in [0.1, 0.15) is 29.2 Å². The molecule has 2 heterocycles. The van der Waals surface area contributed by atoms with Crippen molar-refractivity contribution in [1.82, 2.24) is 19.7 Å². The Morgan fingerprint density at radius 2 is 2.16 bits per heavy atom. The predicted octanol–water partition coefficient (Wildman–Crippen LogP) is 3.56. The zero-order valence-corrected chi connectivity index (χ0v) is 18.7. The number of aryl methyl sites for hydroxylation is 1. The van der Waals surface area contributed by atoms with E-state index in [-0.39, 0.29) is 5.92 Å². The van der Waals surface area contributed by atoms with Crippen molar-refractivity contribution in [2.45, 2.75) is 19.9 Å². The highest BCUT2D eigenvalue weighted by molar-refractivity contribution is 9.10. The summed E-state index contributed by atoms with van der Waals surface area (Å²) in [5.74, 6) is 1.29. The number of hydrogen-bond donors (Lipinski definition) is 1. The first-order valence-electron chi connectivity index (χ1n) is 9.58. The smallest absolute Gasteiger partial charge is 0.341 e. The number of carbonyl (C=O) groups is 2. The van der Waals surface area contributed by atoms with Crippen molar-refractivity contribution in [2.24, 2.45) is 5.92 Å². The number of halogens is 1. The largest absolute Gasteiger partial charge is 0.492 e.